The maximum absolute atomic E-state index is 6.15. The van der Waals surface area contributed by atoms with Crippen LogP contribution in [0.25, 0.3) is 0 Å². The average molecular weight is 268 g/mol. The van der Waals surface area contributed by atoms with E-state index in [2.05, 4.69) is 11.9 Å². The summed E-state index contributed by atoms with van der Waals surface area (Å²) >= 11 is 0. The minimum Gasteiger partial charge on any atom is -0.381 e. The zero-order valence-electron chi connectivity index (χ0n) is 12.9. The third kappa shape index (κ3) is 3.71. The minimum absolute atomic E-state index is 0.243. The van der Waals surface area contributed by atoms with Crippen LogP contribution in [0.3, 0.4) is 0 Å². The van der Waals surface area contributed by atoms with Crippen molar-refractivity contribution in [1.29, 1.82) is 0 Å². The monoisotopic (exact) mass is 268 g/mol. The number of ether oxygens (including phenoxy) is 1. The van der Waals surface area contributed by atoms with Crippen LogP contribution in [0.15, 0.2) is 0 Å². The van der Waals surface area contributed by atoms with Crippen LogP contribution >= 0.6 is 0 Å². The van der Waals surface area contributed by atoms with Crippen molar-refractivity contribution in [2.24, 2.45) is 11.7 Å². The molecule has 3 heteroatoms. The highest BCUT2D eigenvalue weighted by atomic mass is 16.5. The molecule has 2 N–H and O–H groups in total. The van der Waals surface area contributed by atoms with Gasteiger partial charge in [0, 0.05) is 25.7 Å². The maximum atomic E-state index is 6.15. The number of nitrogens with two attached hydrogens (primary N) is 1. The molecular formula is C16H32N2O. The predicted molar refractivity (Wildman–Crippen MR) is 80.3 cm³/mol. The summed E-state index contributed by atoms with van der Waals surface area (Å²) in [4.78, 5) is 2.59. The first-order chi connectivity index (χ1) is 9.20. The molecule has 0 aromatic carbocycles. The topological polar surface area (TPSA) is 38.5 Å². The first-order valence-electron chi connectivity index (χ1n) is 8.14. The smallest absolute Gasteiger partial charge is 0.0572 e. The molecule has 0 aromatic rings. The van der Waals surface area contributed by atoms with E-state index in [0.717, 1.165) is 12.5 Å². The van der Waals surface area contributed by atoms with Gasteiger partial charge in [0.25, 0.3) is 0 Å². The molecule has 0 spiro atoms. The Bertz CT molecular complexity index is 255. The summed E-state index contributed by atoms with van der Waals surface area (Å²) in [5, 5.41) is 0. The maximum Gasteiger partial charge on any atom is 0.0572 e. The van der Waals surface area contributed by atoms with Gasteiger partial charge in [-0.3, -0.25) is 4.90 Å². The highest BCUT2D eigenvalue weighted by Gasteiger charge is 2.38. The Labute approximate surface area is 118 Å². The third-order valence-electron chi connectivity index (χ3n) is 5.64. The van der Waals surface area contributed by atoms with Gasteiger partial charge in [-0.25, -0.2) is 0 Å². The fourth-order valence-electron chi connectivity index (χ4n) is 4.06. The number of hydrogen-bond acceptors (Lipinski definition) is 3. The van der Waals surface area contributed by atoms with Crippen LogP contribution in [0, 0.1) is 5.92 Å². The van der Waals surface area contributed by atoms with E-state index >= 15 is 0 Å². The van der Waals surface area contributed by atoms with Crippen LogP contribution < -0.4 is 5.73 Å². The molecule has 2 saturated carbocycles. The molecule has 0 radical (unpaired) electrons. The number of hydrogen-bond donors (Lipinski definition) is 1. The molecule has 0 saturated heterocycles. The van der Waals surface area contributed by atoms with Crippen molar-refractivity contribution in [2.45, 2.75) is 69.4 Å². The van der Waals surface area contributed by atoms with Gasteiger partial charge in [0.05, 0.1) is 6.10 Å². The van der Waals surface area contributed by atoms with Gasteiger partial charge in [0.2, 0.25) is 0 Å². The molecule has 0 aliphatic heterocycles. The summed E-state index contributed by atoms with van der Waals surface area (Å²) in [6, 6.07) is 0. The van der Waals surface area contributed by atoms with Crippen LogP contribution in [0.2, 0.25) is 0 Å². The molecule has 2 fully saturated rings. The first-order valence-corrected chi connectivity index (χ1v) is 8.14. The summed E-state index contributed by atoms with van der Waals surface area (Å²) in [6.45, 7) is 2.04. The highest BCUT2D eigenvalue weighted by molar-refractivity contribution is 4.95. The zero-order valence-corrected chi connectivity index (χ0v) is 12.9. The Hall–Kier alpha value is -0.120. The van der Waals surface area contributed by atoms with Gasteiger partial charge >= 0.3 is 0 Å². The minimum atomic E-state index is 0.243. The molecule has 0 bridgehead atoms. The van der Waals surface area contributed by atoms with Crippen LogP contribution in [-0.2, 0) is 4.74 Å². The van der Waals surface area contributed by atoms with Gasteiger partial charge in [-0.15, -0.1) is 0 Å². The molecule has 19 heavy (non-hydrogen) atoms. The Morgan fingerprint density at radius 1 is 1.11 bits per heavy atom. The van der Waals surface area contributed by atoms with E-state index in [9.17, 15) is 0 Å². The van der Waals surface area contributed by atoms with Crippen LogP contribution in [-0.4, -0.2) is 43.8 Å². The lowest BCUT2D eigenvalue weighted by Gasteiger charge is -2.47. The lowest BCUT2D eigenvalue weighted by molar-refractivity contribution is -0.00352. The largest absolute Gasteiger partial charge is 0.381 e. The summed E-state index contributed by atoms with van der Waals surface area (Å²) in [5.74, 6) is 0.905. The van der Waals surface area contributed by atoms with Gasteiger partial charge in [-0.1, -0.05) is 19.3 Å². The van der Waals surface area contributed by atoms with Crippen molar-refractivity contribution in [2.75, 3.05) is 27.2 Å². The molecule has 2 rings (SSSR count). The molecule has 3 nitrogen and oxygen atoms in total. The van der Waals surface area contributed by atoms with Gasteiger partial charge in [0.1, 0.15) is 0 Å². The van der Waals surface area contributed by atoms with Crippen LogP contribution in [0.4, 0.5) is 0 Å². The molecule has 0 unspecified atom stereocenters. The molecule has 2 aliphatic carbocycles. The van der Waals surface area contributed by atoms with Crippen molar-refractivity contribution < 1.29 is 4.74 Å². The molecule has 0 amide bonds. The van der Waals surface area contributed by atoms with Crippen molar-refractivity contribution >= 4 is 0 Å². The van der Waals surface area contributed by atoms with Gasteiger partial charge in [-0.2, -0.15) is 0 Å². The quantitative estimate of drug-likeness (QED) is 0.833. The molecule has 112 valence electrons. The average Bonchev–Trinajstić information content (AvgIpc) is 2.48. The summed E-state index contributed by atoms with van der Waals surface area (Å²) < 4.78 is 5.50. The van der Waals surface area contributed by atoms with Crippen molar-refractivity contribution in [3.63, 3.8) is 0 Å². The standard InChI is InChI=1S/C16H32N2O/c1-18(12-14-6-4-3-5-7-14)16(13-17)10-8-15(19-2)9-11-16/h14-15H,3-13,17H2,1-2H3. The predicted octanol–water partition coefficient (Wildman–Crippen LogP) is 2.79. The van der Waals surface area contributed by atoms with E-state index in [4.69, 9.17) is 10.5 Å². The fourth-order valence-corrected chi connectivity index (χ4v) is 4.06. The lowest BCUT2D eigenvalue weighted by atomic mass is 9.78. The van der Waals surface area contributed by atoms with Crippen LogP contribution in [0.5, 0.6) is 0 Å². The highest BCUT2D eigenvalue weighted by Crippen LogP contribution is 2.35. The molecule has 0 atom stereocenters. The van der Waals surface area contributed by atoms with E-state index < -0.39 is 0 Å². The molecule has 0 heterocycles. The van der Waals surface area contributed by atoms with Gasteiger partial charge < -0.3 is 10.5 Å². The Balaban J connectivity index is 1.88. The normalized spacial score (nSPS) is 33.8. The second-order valence-corrected chi connectivity index (χ2v) is 6.75. The Morgan fingerprint density at radius 3 is 2.26 bits per heavy atom. The number of nitrogens with zero attached hydrogens (tertiary/aromatic N) is 1. The number of methoxy groups -OCH3 is 1. The van der Waals surface area contributed by atoms with Gasteiger partial charge in [-0.05, 0) is 51.5 Å². The van der Waals surface area contributed by atoms with Gasteiger partial charge in [0.15, 0.2) is 0 Å². The summed E-state index contributed by atoms with van der Waals surface area (Å²) in [7, 11) is 4.14. The fraction of sp³-hybridized carbons (Fsp3) is 1.00. The van der Waals surface area contributed by atoms with Crippen molar-refractivity contribution in [1.82, 2.24) is 4.90 Å². The summed E-state index contributed by atoms with van der Waals surface area (Å²) in [5.41, 5.74) is 6.39. The molecule has 2 aliphatic rings. The summed E-state index contributed by atoms with van der Waals surface area (Å²) in [6.07, 6.45) is 12.3. The zero-order chi connectivity index (χ0) is 13.7. The first kappa shape index (κ1) is 15.3. The molecular weight excluding hydrogens is 236 g/mol. The van der Waals surface area contributed by atoms with E-state index in [1.165, 1.54) is 64.3 Å². The van der Waals surface area contributed by atoms with Crippen molar-refractivity contribution in [3.8, 4) is 0 Å². The number of rotatable bonds is 5. The number of likely N-dealkylation sites (N-methyl/N-ethyl adjacent to an activating group) is 1. The SMILES string of the molecule is COC1CCC(CN)(N(C)CC2CCCCC2)CC1. The second kappa shape index (κ2) is 7.05. The van der Waals surface area contributed by atoms with Crippen LogP contribution in [0.1, 0.15) is 57.8 Å². The van der Waals surface area contributed by atoms with E-state index in [1.807, 2.05) is 7.11 Å². The van der Waals surface area contributed by atoms with Crippen molar-refractivity contribution in [3.05, 3.63) is 0 Å². The second-order valence-electron chi connectivity index (χ2n) is 6.75. The Kier molecular flexibility index (Phi) is 5.67. The Morgan fingerprint density at radius 2 is 1.74 bits per heavy atom. The molecule has 0 aromatic heterocycles. The third-order valence-corrected chi connectivity index (χ3v) is 5.64. The lowest BCUT2D eigenvalue weighted by Crippen LogP contribution is -2.56. The van der Waals surface area contributed by atoms with E-state index in [0.29, 0.717) is 6.10 Å². The van der Waals surface area contributed by atoms with E-state index in [1.54, 1.807) is 0 Å². The van der Waals surface area contributed by atoms with E-state index in [-0.39, 0.29) is 5.54 Å².